The van der Waals surface area contributed by atoms with Crippen LogP contribution in [0.2, 0.25) is 0 Å². The Kier molecular flexibility index (Phi) is 5.13. The second kappa shape index (κ2) is 7.49. The molecule has 0 unspecified atom stereocenters. The number of hydrogen-bond donors (Lipinski definition) is 2. The molecule has 0 saturated carbocycles. The quantitative estimate of drug-likeness (QED) is 0.737. The van der Waals surface area contributed by atoms with Crippen LogP contribution in [0.15, 0.2) is 40.8 Å². The fourth-order valence-electron chi connectivity index (χ4n) is 2.55. The van der Waals surface area contributed by atoms with E-state index < -0.39 is 11.9 Å². The fourth-order valence-corrected chi connectivity index (χ4v) is 3.46. The second-order valence-electron chi connectivity index (χ2n) is 5.78. The second-order valence-corrected chi connectivity index (χ2v) is 6.64. The summed E-state index contributed by atoms with van der Waals surface area (Å²) in [5, 5.41) is 7.01. The van der Waals surface area contributed by atoms with Gasteiger partial charge in [-0.15, -0.1) is 11.3 Å². The summed E-state index contributed by atoms with van der Waals surface area (Å²) in [5.74, 6) is -0.577. The van der Waals surface area contributed by atoms with Crippen LogP contribution in [0.3, 0.4) is 0 Å². The number of aryl methyl sites for hydroxylation is 1. The molecule has 0 aliphatic carbocycles. The number of fused-ring (bicyclic) bond motifs is 1. The van der Waals surface area contributed by atoms with Crippen molar-refractivity contribution < 1.29 is 9.59 Å². The maximum atomic E-state index is 12.8. The fraction of sp³-hybridized carbons (Fsp3) is 0.222. The minimum atomic E-state index is -0.588. The van der Waals surface area contributed by atoms with Gasteiger partial charge in [-0.05, 0) is 19.4 Å². The average Bonchev–Trinajstić information content (AvgIpc) is 3.03. The molecule has 0 aliphatic rings. The molecule has 0 atom stereocenters. The van der Waals surface area contributed by atoms with Gasteiger partial charge >= 0.3 is 6.03 Å². The van der Waals surface area contributed by atoms with E-state index in [0.717, 1.165) is 16.7 Å². The van der Waals surface area contributed by atoms with Crippen LogP contribution in [-0.2, 0) is 11.3 Å². The van der Waals surface area contributed by atoms with Gasteiger partial charge in [0.05, 0.1) is 11.7 Å². The Morgan fingerprint density at radius 2 is 1.96 bits per heavy atom. The van der Waals surface area contributed by atoms with Crippen LogP contribution in [0.25, 0.3) is 21.3 Å². The third-order valence-corrected chi connectivity index (χ3v) is 4.71. The predicted molar refractivity (Wildman–Crippen MR) is 101 cm³/mol. The molecule has 3 amide bonds. The van der Waals surface area contributed by atoms with Gasteiger partial charge in [0.15, 0.2) is 0 Å². The van der Waals surface area contributed by atoms with Gasteiger partial charge in [0.25, 0.3) is 5.56 Å². The van der Waals surface area contributed by atoms with E-state index in [-0.39, 0.29) is 12.1 Å². The molecule has 0 spiro atoms. The highest BCUT2D eigenvalue weighted by molar-refractivity contribution is 7.17. The number of thiophene rings is 1. The first-order chi connectivity index (χ1) is 12.5. The Morgan fingerprint density at radius 1 is 1.23 bits per heavy atom. The number of carbonyl (C=O) groups excluding carboxylic acids is 2. The van der Waals surface area contributed by atoms with Gasteiger partial charge in [0.2, 0.25) is 5.91 Å². The molecule has 3 aromatic rings. The molecule has 2 aromatic heterocycles. The molecule has 2 heterocycles. The molecular weight excluding hydrogens is 352 g/mol. The number of benzene rings is 1. The molecule has 0 bridgehead atoms. The Bertz CT molecular complexity index is 1020. The number of hydrogen-bond acceptors (Lipinski definition) is 5. The predicted octanol–water partition coefficient (Wildman–Crippen LogP) is 2.28. The van der Waals surface area contributed by atoms with E-state index in [9.17, 15) is 14.4 Å². The first-order valence-corrected chi connectivity index (χ1v) is 8.99. The van der Waals surface area contributed by atoms with Gasteiger partial charge in [-0.1, -0.05) is 29.8 Å². The Balaban J connectivity index is 1.94. The molecule has 26 heavy (non-hydrogen) atoms. The van der Waals surface area contributed by atoms with Crippen LogP contribution >= 0.6 is 11.3 Å². The number of aromatic nitrogens is 2. The molecule has 0 fully saturated rings. The van der Waals surface area contributed by atoms with Crippen LogP contribution < -0.4 is 16.2 Å². The van der Waals surface area contributed by atoms with Crippen LogP contribution in [-0.4, -0.2) is 28.0 Å². The number of carbonyl (C=O) groups is 2. The normalized spacial score (nSPS) is 10.7. The van der Waals surface area contributed by atoms with Crippen LogP contribution in [0.1, 0.15) is 12.5 Å². The average molecular weight is 370 g/mol. The summed E-state index contributed by atoms with van der Waals surface area (Å²) in [6, 6.07) is 7.28. The zero-order valence-electron chi connectivity index (χ0n) is 14.4. The lowest BCUT2D eigenvalue weighted by atomic mass is 10.1. The van der Waals surface area contributed by atoms with Gasteiger partial charge in [-0.25, -0.2) is 9.78 Å². The van der Waals surface area contributed by atoms with E-state index in [1.807, 2.05) is 36.6 Å². The van der Waals surface area contributed by atoms with Gasteiger partial charge in [-0.3, -0.25) is 19.5 Å². The summed E-state index contributed by atoms with van der Waals surface area (Å²) in [5.41, 5.74) is 2.54. The Labute approximate surface area is 153 Å². The summed E-state index contributed by atoms with van der Waals surface area (Å²) in [6.45, 7) is 3.87. The number of amides is 3. The Morgan fingerprint density at radius 3 is 2.65 bits per heavy atom. The topological polar surface area (TPSA) is 93.1 Å². The van der Waals surface area contributed by atoms with Crippen molar-refractivity contribution in [2.24, 2.45) is 0 Å². The lowest BCUT2D eigenvalue weighted by molar-refractivity contribution is -0.120. The van der Waals surface area contributed by atoms with Crippen LogP contribution in [0, 0.1) is 6.92 Å². The number of nitrogens with one attached hydrogen (secondary N) is 2. The smallest absolute Gasteiger partial charge is 0.321 e. The first kappa shape index (κ1) is 17.8. The van der Waals surface area contributed by atoms with Crippen molar-refractivity contribution in [2.75, 3.05) is 6.54 Å². The zero-order chi connectivity index (χ0) is 18.7. The molecular formula is C18H18N4O3S. The number of urea groups is 1. The maximum Gasteiger partial charge on any atom is 0.321 e. The van der Waals surface area contributed by atoms with Gasteiger partial charge in [-0.2, -0.15) is 0 Å². The summed E-state index contributed by atoms with van der Waals surface area (Å²) >= 11 is 1.38. The van der Waals surface area contributed by atoms with Gasteiger partial charge < -0.3 is 5.32 Å². The van der Waals surface area contributed by atoms with Crippen molar-refractivity contribution in [3.8, 4) is 11.1 Å². The van der Waals surface area contributed by atoms with E-state index in [1.165, 1.54) is 22.2 Å². The van der Waals surface area contributed by atoms with Crippen molar-refractivity contribution in [3.05, 3.63) is 51.9 Å². The van der Waals surface area contributed by atoms with Crippen LogP contribution in [0.5, 0.6) is 0 Å². The third kappa shape index (κ3) is 3.65. The number of rotatable bonds is 4. The SMILES string of the molecule is CCNC(=O)NC(=O)Cn1cnc2scc(-c3ccc(C)cc3)c2c1=O. The molecule has 8 heteroatoms. The molecule has 7 nitrogen and oxygen atoms in total. The largest absolute Gasteiger partial charge is 0.338 e. The molecule has 0 saturated heterocycles. The first-order valence-electron chi connectivity index (χ1n) is 8.11. The molecule has 3 rings (SSSR count). The minimum Gasteiger partial charge on any atom is -0.338 e. The zero-order valence-corrected chi connectivity index (χ0v) is 15.2. The summed E-state index contributed by atoms with van der Waals surface area (Å²) in [4.78, 5) is 41.1. The van der Waals surface area contributed by atoms with E-state index >= 15 is 0 Å². The van der Waals surface area contributed by atoms with Crippen molar-refractivity contribution in [3.63, 3.8) is 0 Å². The third-order valence-electron chi connectivity index (χ3n) is 3.83. The van der Waals surface area contributed by atoms with Gasteiger partial charge in [0.1, 0.15) is 11.4 Å². The van der Waals surface area contributed by atoms with Crippen molar-refractivity contribution in [1.29, 1.82) is 0 Å². The highest BCUT2D eigenvalue weighted by Crippen LogP contribution is 2.30. The van der Waals surface area contributed by atoms with Gasteiger partial charge in [0, 0.05) is 17.5 Å². The summed E-state index contributed by atoms with van der Waals surface area (Å²) in [7, 11) is 0. The van der Waals surface area contributed by atoms with E-state index in [2.05, 4.69) is 15.6 Å². The summed E-state index contributed by atoms with van der Waals surface area (Å²) < 4.78 is 1.21. The lowest BCUT2D eigenvalue weighted by Gasteiger charge is -2.07. The molecule has 2 N–H and O–H groups in total. The minimum absolute atomic E-state index is 0.276. The van der Waals surface area contributed by atoms with Crippen molar-refractivity contribution >= 4 is 33.5 Å². The van der Waals surface area contributed by atoms with E-state index in [1.54, 1.807) is 6.92 Å². The maximum absolute atomic E-state index is 12.8. The Hall–Kier alpha value is -3.00. The standard InChI is InChI=1S/C18H18N4O3S/c1-3-19-18(25)21-14(23)8-22-10-20-16-15(17(22)24)13(9-26-16)12-6-4-11(2)5-7-12/h4-7,9-10H,3,8H2,1-2H3,(H2,19,21,23,25). The van der Waals surface area contributed by atoms with Crippen LogP contribution in [0.4, 0.5) is 4.79 Å². The van der Waals surface area contributed by atoms with Crippen molar-refractivity contribution in [2.45, 2.75) is 20.4 Å². The van der Waals surface area contributed by atoms with E-state index in [4.69, 9.17) is 0 Å². The molecule has 134 valence electrons. The van der Waals surface area contributed by atoms with Crippen molar-refractivity contribution in [1.82, 2.24) is 20.2 Å². The summed E-state index contributed by atoms with van der Waals surface area (Å²) in [6.07, 6.45) is 1.33. The molecule has 0 radical (unpaired) electrons. The monoisotopic (exact) mass is 370 g/mol. The highest BCUT2D eigenvalue weighted by atomic mass is 32.1. The number of nitrogens with zero attached hydrogens (tertiary/aromatic N) is 2. The van der Waals surface area contributed by atoms with E-state index in [0.29, 0.717) is 16.8 Å². The number of imide groups is 1. The molecule has 1 aromatic carbocycles. The lowest BCUT2D eigenvalue weighted by Crippen LogP contribution is -2.42. The molecule has 0 aliphatic heterocycles. The highest BCUT2D eigenvalue weighted by Gasteiger charge is 2.15.